The first-order valence-corrected chi connectivity index (χ1v) is 9.27. The summed E-state index contributed by atoms with van der Waals surface area (Å²) in [4.78, 5) is 26.6. The Kier molecular flexibility index (Phi) is 4.36. The van der Waals surface area contributed by atoms with E-state index in [2.05, 4.69) is 6.92 Å². The molecule has 2 N–H and O–H groups in total. The summed E-state index contributed by atoms with van der Waals surface area (Å²) in [6.07, 6.45) is 1.72. The molecule has 0 aromatic heterocycles. The summed E-state index contributed by atoms with van der Waals surface area (Å²) in [5.41, 5.74) is 11.2. The van der Waals surface area contributed by atoms with Gasteiger partial charge in [-0.05, 0) is 40.8 Å². The topological polar surface area (TPSA) is 60.2 Å². The second kappa shape index (κ2) is 6.84. The normalized spacial score (nSPS) is 15.8. The number of rotatable bonds is 4. The van der Waals surface area contributed by atoms with Crippen molar-refractivity contribution < 1.29 is 9.59 Å². The molecule has 0 heterocycles. The maximum absolute atomic E-state index is 13.4. The summed E-state index contributed by atoms with van der Waals surface area (Å²) < 4.78 is 0. The van der Waals surface area contributed by atoms with Crippen molar-refractivity contribution in [3.05, 3.63) is 89.0 Å². The number of fused-ring (bicyclic) bond motifs is 1. The number of Topliss-reactive ketones (excluding diaryl/α,β-unsaturated/α-hetero) is 2. The summed E-state index contributed by atoms with van der Waals surface area (Å²) >= 11 is 0. The molecule has 3 aromatic carbocycles. The lowest BCUT2D eigenvalue weighted by molar-refractivity contribution is 0.0890. The Labute approximate surface area is 158 Å². The number of carbonyl (C=O) groups excluding carboxylic acids is 2. The predicted octanol–water partition coefficient (Wildman–Crippen LogP) is 5.05. The highest BCUT2D eigenvalue weighted by Crippen LogP contribution is 2.40. The van der Waals surface area contributed by atoms with Crippen LogP contribution < -0.4 is 5.73 Å². The number of hydrogen-bond donors (Lipinski definition) is 1. The number of nitrogen functional groups attached to an aromatic ring is 1. The molecule has 3 aromatic rings. The van der Waals surface area contributed by atoms with E-state index in [0.29, 0.717) is 16.8 Å². The summed E-state index contributed by atoms with van der Waals surface area (Å²) in [7, 11) is 0. The maximum Gasteiger partial charge on any atom is 0.179 e. The van der Waals surface area contributed by atoms with Gasteiger partial charge in [-0.15, -0.1) is 0 Å². The van der Waals surface area contributed by atoms with E-state index in [1.807, 2.05) is 54.6 Å². The first-order chi connectivity index (χ1) is 13.1. The molecule has 1 atom stereocenters. The summed E-state index contributed by atoms with van der Waals surface area (Å²) in [5, 5.41) is 0. The van der Waals surface area contributed by atoms with Gasteiger partial charge in [0.15, 0.2) is 11.6 Å². The summed E-state index contributed by atoms with van der Waals surface area (Å²) in [6.45, 7) is 2.08. The fourth-order valence-corrected chi connectivity index (χ4v) is 3.98. The van der Waals surface area contributed by atoms with Crippen molar-refractivity contribution in [1.29, 1.82) is 0 Å². The number of ketones is 2. The van der Waals surface area contributed by atoms with Crippen molar-refractivity contribution in [3.8, 4) is 11.1 Å². The lowest BCUT2D eigenvalue weighted by atomic mass is 9.88. The van der Waals surface area contributed by atoms with Gasteiger partial charge in [-0.1, -0.05) is 67.9 Å². The van der Waals surface area contributed by atoms with E-state index in [4.69, 9.17) is 5.73 Å². The van der Waals surface area contributed by atoms with E-state index in [0.717, 1.165) is 35.1 Å². The number of nitrogens with two attached hydrogens (primary N) is 1. The SMILES string of the molecule is CCCc1cc(N)ccc1C1C(=O)c2cccc(-c3ccccc3)c2C1=O. The number of aryl methyl sites for hydroxylation is 1. The molecule has 4 rings (SSSR count). The van der Waals surface area contributed by atoms with E-state index in [9.17, 15) is 9.59 Å². The molecule has 0 radical (unpaired) electrons. The molecular formula is C24H21NO2. The first kappa shape index (κ1) is 17.2. The van der Waals surface area contributed by atoms with Crippen molar-refractivity contribution in [2.24, 2.45) is 0 Å². The molecule has 3 nitrogen and oxygen atoms in total. The lowest BCUT2D eigenvalue weighted by Crippen LogP contribution is -2.15. The van der Waals surface area contributed by atoms with Crippen LogP contribution in [0.3, 0.4) is 0 Å². The van der Waals surface area contributed by atoms with Gasteiger partial charge in [0, 0.05) is 16.8 Å². The van der Waals surface area contributed by atoms with Gasteiger partial charge in [-0.3, -0.25) is 9.59 Å². The molecule has 0 fully saturated rings. The van der Waals surface area contributed by atoms with Crippen LogP contribution in [-0.4, -0.2) is 11.6 Å². The number of carbonyl (C=O) groups is 2. The molecular weight excluding hydrogens is 334 g/mol. The van der Waals surface area contributed by atoms with Crippen molar-refractivity contribution in [2.45, 2.75) is 25.7 Å². The third-order valence-corrected chi connectivity index (χ3v) is 5.18. The van der Waals surface area contributed by atoms with Gasteiger partial charge in [0.05, 0.1) is 0 Å². The third kappa shape index (κ3) is 2.85. The minimum absolute atomic E-state index is 0.114. The number of anilines is 1. The van der Waals surface area contributed by atoms with E-state index in [-0.39, 0.29) is 11.6 Å². The Morgan fingerprint density at radius 1 is 0.852 bits per heavy atom. The van der Waals surface area contributed by atoms with Crippen LogP contribution in [-0.2, 0) is 6.42 Å². The van der Waals surface area contributed by atoms with Crippen LogP contribution in [0.5, 0.6) is 0 Å². The van der Waals surface area contributed by atoms with Crippen LogP contribution in [0, 0.1) is 0 Å². The molecule has 1 aliphatic rings. The quantitative estimate of drug-likeness (QED) is 0.526. The van der Waals surface area contributed by atoms with E-state index in [1.165, 1.54) is 0 Å². The molecule has 0 spiro atoms. The molecule has 3 heteroatoms. The zero-order valence-corrected chi connectivity index (χ0v) is 15.2. The zero-order chi connectivity index (χ0) is 19.0. The molecule has 1 aliphatic carbocycles. The highest BCUT2D eigenvalue weighted by Gasteiger charge is 2.41. The van der Waals surface area contributed by atoms with Gasteiger partial charge in [-0.2, -0.15) is 0 Å². The van der Waals surface area contributed by atoms with Gasteiger partial charge in [0.1, 0.15) is 5.92 Å². The second-order valence-corrected chi connectivity index (χ2v) is 6.96. The summed E-state index contributed by atoms with van der Waals surface area (Å²) in [5.74, 6) is -1.00. The Balaban J connectivity index is 1.86. The highest BCUT2D eigenvalue weighted by molar-refractivity contribution is 6.31. The molecule has 0 bridgehead atoms. The number of hydrogen-bond acceptors (Lipinski definition) is 3. The zero-order valence-electron chi connectivity index (χ0n) is 15.2. The maximum atomic E-state index is 13.4. The monoisotopic (exact) mass is 355 g/mol. The molecule has 27 heavy (non-hydrogen) atoms. The smallest absolute Gasteiger partial charge is 0.179 e. The minimum Gasteiger partial charge on any atom is -0.399 e. The van der Waals surface area contributed by atoms with Gasteiger partial charge >= 0.3 is 0 Å². The van der Waals surface area contributed by atoms with Crippen molar-refractivity contribution in [2.75, 3.05) is 5.73 Å². The molecule has 0 saturated heterocycles. The van der Waals surface area contributed by atoms with Crippen LogP contribution >= 0.6 is 0 Å². The average Bonchev–Trinajstić information content (AvgIpc) is 2.94. The average molecular weight is 355 g/mol. The largest absolute Gasteiger partial charge is 0.399 e. The third-order valence-electron chi connectivity index (χ3n) is 5.18. The molecule has 0 amide bonds. The summed E-state index contributed by atoms with van der Waals surface area (Å²) in [6, 6.07) is 20.8. The fourth-order valence-electron chi connectivity index (χ4n) is 3.98. The molecule has 0 saturated carbocycles. The van der Waals surface area contributed by atoms with Crippen molar-refractivity contribution >= 4 is 17.3 Å². The van der Waals surface area contributed by atoms with Crippen LogP contribution in [0.2, 0.25) is 0 Å². The highest BCUT2D eigenvalue weighted by atomic mass is 16.2. The first-order valence-electron chi connectivity index (χ1n) is 9.27. The van der Waals surface area contributed by atoms with Crippen LogP contribution in [0.1, 0.15) is 51.1 Å². The van der Waals surface area contributed by atoms with E-state index >= 15 is 0 Å². The van der Waals surface area contributed by atoms with Crippen LogP contribution in [0.15, 0.2) is 66.7 Å². The van der Waals surface area contributed by atoms with Crippen LogP contribution in [0.4, 0.5) is 5.69 Å². The second-order valence-electron chi connectivity index (χ2n) is 6.96. The standard InChI is InChI=1S/C24H21NO2/c1-2-7-16-14-17(25)12-13-19(16)22-23(26)20-11-6-10-18(21(20)24(22)27)15-8-4-3-5-9-15/h3-6,8-14,22H,2,7,25H2,1H3. The Hall–Kier alpha value is -3.20. The van der Waals surface area contributed by atoms with Crippen molar-refractivity contribution in [1.82, 2.24) is 0 Å². The van der Waals surface area contributed by atoms with E-state index in [1.54, 1.807) is 12.1 Å². The Morgan fingerprint density at radius 2 is 1.59 bits per heavy atom. The van der Waals surface area contributed by atoms with Gasteiger partial charge in [-0.25, -0.2) is 0 Å². The number of benzene rings is 3. The fraction of sp³-hybridized carbons (Fsp3) is 0.167. The predicted molar refractivity (Wildman–Crippen MR) is 108 cm³/mol. The molecule has 134 valence electrons. The van der Waals surface area contributed by atoms with Crippen LogP contribution in [0.25, 0.3) is 11.1 Å². The van der Waals surface area contributed by atoms with Crippen molar-refractivity contribution in [3.63, 3.8) is 0 Å². The van der Waals surface area contributed by atoms with E-state index < -0.39 is 5.92 Å². The van der Waals surface area contributed by atoms with Gasteiger partial charge in [0.2, 0.25) is 0 Å². The molecule has 1 unspecified atom stereocenters. The Bertz CT molecular complexity index is 1040. The van der Waals surface area contributed by atoms with Gasteiger partial charge in [0.25, 0.3) is 0 Å². The van der Waals surface area contributed by atoms with Gasteiger partial charge < -0.3 is 5.73 Å². The lowest BCUT2D eigenvalue weighted by Gasteiger charge is -2.14. The Morgan fingerprint density at radius 3 is 2.33 bits per heavy atom. The molecule has 0 aliphatic heterocycles. The minimum atomic E-state index is -0.771.